The molecule has 122 valence electrons. The minimum absolute atomic E-state index is 0.261. The SMILES string of the molecule is CC1CCC(Oc2ccc3cc(C(C)[N+](=O)[O-])ccc3c2)CC1. The molecule has 0 saturated heterocycles. The first-order valence-corrected chi connectivity index (χ1v) is 8.37. The smallest absolute Gasteiger partial charge is 0.235 e. The van der Waals surface area contributed by atoms with Crippen LogP contribution in [0.5, 0.6) is 5.75 Å². The quantitative estimate of drug-likeness (QED) is 0.580. The van der Waals surface area contributed by atoms with Gasteiger partial charge in [-0.05, 0) is 60.6 Å². The molecule has 0 spiro atoms. The number of hydrogen-bond donors (Lipinski definition) is 0. The van der Waals surface area contributed by atoms with Gasteiger partial charge in [0.05, 0.1) is 6.10 Å². The van der Waals surface area contributed by atoms with E-state index < -0.39 is 6.04 Å². The van der Waals surface area contributed by atoms with Crippen LogP contribution in [0.2, 0.25) is 0 Å². The van der Waals surface area contributed by atoms with Gasteiger partial charge in [0.1, 0.15) is 5.75 Å². The van der Waals surface area contributed by atoms with E-state index in [2.05, 4.69) is 6.92 Å². The number of rotatable bonds is 4. The molecule has 4 heteroatoms. The van der Waals surface area contributed by atoms with Gasteiger partial charge >= 0.3 is 0 Å². The molecule has 1 atom stereocenters. The summed E-state index contributed by atoms with van der Waals surface area (Å²) >= 11 is 0. The van der Waals surface area contributed by atoms with Gasteiger partial charge in [-0.25, -0.2) is 0 Å². The van der Waals surface area contributed by atoms with Gasteiger partial charge in [-0.2, -0.15) is 0 Å². The molecule has 0 bridgehead atoms. The Morgan fingerprint density at radius 2 is 1.74 bits per heavy atom. The van der Waals surface area contributed by atoms with E-state index in [0.717, 1.165) is 40.8 Å². The summed E-state index contributed by atoms with van der Waals surface area (Å²) < 4.78 is 6.12. The second-order valence-electron chi connectivity index (χ2n) is 6.73. The first kappa shape index (κ1) is 15.8. The third-order valence-electron chi connectivity index (χ3n) is 4.90. The Hall–Kier alpha value is -2.10. The summed E-state index contributed by atoms with van der Waals surface area (Å²) in [6.45, 7) is 3.92. The number of nitro groups is 1. The first-order valence-electron chi connectivity index (χ1n) is 8.37. The van der Waals surface area contributed by atoms with Crippen molar-refractivity contribution in [2.24, 2.45) is 5.92 Å². The van der Waals surface area contributed by atoms with Crippen molar-refractivity contribution in [1.29, 1.82) is 0 Å². The largest absolute Gasteiger partial charge is 0.490 e. The van der Waals surface area contributed by atoms with E-state index in [1.54, 1.807) is 6.92 Å². The van der Waals surface area contributed by atoms with Crippen LogP contribution in [0.25, 0.3) is 10.8 Å². The van der Waals surface area contributed by atoms with Crippen molar-refractivity contribution in [2.75, 3.05) is 0 Å². The summed E-state index contributed by atoms with van der Waals surface area (Å²) in [5.74, 6) is 1.71. The number of ether oxygens (including phenoxy) is 1. The summed E-state index contributed by atoms with van der Waals surface area (Å²) in [6.07, 6.45) is 5.04. The zero-order valence-corrected chi connectivity index (χ0v) is 13.7. The maximum absolute atomic E-state index is 10.9. The van der Waals surface area contributed by atoms with Gasteiger partial charge < -0.3 is 4.74 Å². The number of fused-ring (bicyclic) bond motifs is 1. The normalized spacial score (nSPS) is 22.7. The Balaban J connectivity index is 1.77. The lowest BCUT2D eigenvalue weighted by Crippen LogP contribution is -2.22. The van der Waals surface area contributed by atoms with Gasteiger partial charge in [0, 0.05) is 17.4 Å². The molecular weight excluding hydrogens is 290 g/mol. The lowest BCUT2D eigenvalue weighted by molar-refractivity contribution is -0.524. The molecule has 0 N–H and O–H groups in total. The summed E-state index contributed by atoms with van der Waals surface area (Å²) in [6, 6.07) is 11.0. The van der Waals surface area contributed by atoms with E-state index >= 15 is 0 Å². The van der Waals surface area contributed by atoms with E-state index in [-0.39, 0.29) is 4.92 Å². The van der Waals surface area contributed by atoms with Crippen LogP contribution >= 0.6 is 0 Å². The Morgan fingerprint density at radius 1 is 1.09 bits per heavy atom. The average Bonchev–Trinajstić information content (AvgIpc) is 2.55. The van der Waals surface area contributed by atoms with Gasteiger partial charge in [-0.15, -0.1) is 0 Å². The predicted molar refractivity (Wildman–Crippen MR) is 91.4 cm³/mol. The predicted octanol–water partition coefficient (Wildman–Crippen LogP) is 5.14. The minimum Gasteiger partial charge on any atom is -0.490 e. The molecule has 1 aliphatic rings. The van der Waals surface area contributed by atoms with Gasteiger partial charge in [-0.1, -0.05) is 25.1 Å². The maximum atomic E-state index is 10.9. The number of benzene rings is 2. The van der Waals surface area contributed by atoms with Crippen molar-refractivity contribution in [1.82, 2.24) is 0 Å². The van der Waals surface area contributed by atoms with Crippen LogP contribution in [-0.2, 0) is 0 Å². The van der Waals surface area contributed by atoms with E-state index in [1.807, 2.05) is 36.4 Å². The van der Waals surface area contributed by atoms with Crippen LogP contribution in [0.4, 0.5) is 0 Å². The Bertz CT molecular complexity index is 705. The number of nitrogens with zero attached hydrogens (tertiary/aromatic N) is 1. The maximum Gasteiger partial charge on any atom is 0.235 e. The van der Waals surface area contributed by atoms with Crippen LogP contribution in [-0.4, -0.2) is 11.0 Å². The van der Waals surface area contributed by atoms with Crippen molar-refractivity contribution in [2.45, 2.75) is 51.7 Å². The standard InChI is InChI=1S/C19H23NO3/c1-13-3-8-18(9-4-13)23-19-10-7-16-11-15(14(2)20(21)22)5-6-17(16)12-19/h5-7,10-14,18H,3-4,8-9H2,1-2H3. The Kier molecular flexibility index (Phi) is 4.51. The third kappa shape index (κ3) is 3.63. The van der Waals surface area contributed by atoms with Crippen molar-refractivity contribution in [3.63, 3.8) is 0 Å². The molecule has 3 rings (SSSR count). The Labute approximate surface area is 136 Å². The molecule has 1 fully saturated rings. The molecule has 4 nitrogen and oxygen atoms in total. The van der Waals surface area contributed by atoms with Crippen LogP contribution in [0.3, 0.4) is 0 Å². The molecule has 1 aliphatic carbocycles. The van der Waals surface area contributed by atoms with E-state index in [4.69, 9.17) is 4.74 Å². The van der Waals surface area contributed by atoms with E-state index in [9.17, 15) is 10.1 Å². The molecule has 0 radical (unpaired) electrons. The highest BCUT2D eigenvalue weighted by Gasteiger charge is 2.20. The molecule has 0 amide bonds. The van der Waals surface area contributed by atoms with E-state index in [1.165, 1.54) is 12.8 Å². The van der Waals surface area contributed by atoms with Crippen molar-refractivity contribution in [3.8, 4) is 5.75 Å². The molecular formula is C19H23NO3. The summed E-state index contributed by atoms with van der Waals surface area (Å²) in [7, 11) is 0. The molecule has 1 unspecified atom stereocenters. The zero-order chi connectivity index (χ0) is 16.4. The van der Waals surface area contributed by atoms with Gasteiger partial charge in [0.25, 0.3) is 0 Å². The van der Waals surface area contributed by atoms with Crippen LogP contribution in [0.1, 0.15) is 51.1 Å². The second kappa shape index (κ2) is 6.57. The highest BCUT2D eigenvalue weighted by molar-refractivity contribution is 5.84. The fourth-order valence-electron chi connectivity index (χ4n) is 3.24. The monoisotopic (exact) mass is 313 g/mol. The molecule has 23 heavy (non-hydrogen) atoms. The minimum atomic E-state index is -0.681. The summed E-state index contributed by atoms with van der Waals surface area (Å²) in [5, 5.41) is 13.0. The first-order chi connectivity index (χ1) is 11.0. The van der Waals surface area contributed by atoms with Crippen molar-refractivity contribution in [3.05, 3.63) is 52.1 Å². The zero-order valence-electron chi connectivity index (χ0n) is 13.7. The van der Waals surface area contributed by atoms with Crippen molar-refractivity contribution < 1.29 is 9.66 Å². The summed E-state index contributed by atoms with van der Waals surface area (Å²) in [5.41, 5.74) is 0.734. The van der Waals surface area contributed by atoms with Crippen LogP contribution in [0.15, 0.2) is 36.4 Å². The third-order valence-corrected chi connectivity index (χ3v) is 4.90. The summed E-state index contributed by atoms with van der Waals surface area (Å²) in [4.78, 5) is 10.7. The highest BCUT2D eigenvalue weighted by Crippen LogP contribution is 2.30. The topological polar surface area (TPSA) is 52.4 Å². The fraction of sp³-hybridized carbons (Fsp3) is 0.474. The molecule has 2 aromatic rings. The fourth-order valence-corrected chi connectivity index (χ4v) is 3.24. The van der Waals surface area contributed by atoms with Gasteiger partial charge in [0.15, 0.2) is 0 Å². The average molecular weight is 313 g/mol. The van der Waals surface area contributed by atoms with Crippen molar-refractivity contribution >= 4 is 10.8 Å². The van der Waals surface area contributed by atoms with Crippen LogP contribution in [0, 0.1) is 16.0 Å². The van der Waals surface area contributed by atoms with E-state index in [0.29, 0.717) is 6.10 Å². The van der Waals surface area contributed by atoms with Gasteiger partial charge in [-0.3, -0.25) is 10.1 Å². The highest BCUT2D eigenvalue weighted by atomic mass is 16.6. The molecule has 0 heterocycles. The lowest BCUT2D eigenvalue weighted by atomic mass is 9.89. The molecule has 1 saturated carbocycles. The Morgan fingerprint density at radius 3 is 2.43 bits per heavy atom. The number of hydrogen-bond acceptors (Lipinski definition) is 3. The second-order valence-corrected chi connectivity index (χ2v) is 6.73. The molecule has 2 aromatic carbocycles. The van der Waals surface area contributed by atoms with Crippen LogP contribution < -0.4 is 4.74 Å². The lowest BCUT2D eigenvalue weighted by Gasteiger charge is -2.27. The molecule has 0 aliphatic heterocycles. The van der Waals surface area contributed by atoms with Gasteiger partial charge in [0.2, 0.25) is 6.04 Å². The molecule has 0 aromatic heterocycles.